The molecular formula is C17H26N2O3S. The molecule has 0 atom stereocenters. The summed E-state index contributed by atoms with van der Waals surface area (Å²) in [6.45, 7) is 5.19. The van der Waals surface area contributed by atoms with E-state index in [1.165, 1.54) is 7.05 Å². The molecule has 1 saturated heterocycles. The minimum absolute atomic E-state index is 0.102. The summed E-state index contributed by atoms with van der Waals surface area (Å²) in [5.74, 6) is -0.109. The number of likely N-dealkylation sites (tertiary alicyclic amines) is 1. The van der Waals surface area contributed by atoms with Crippen LogP contribution in [0.3, 0.4) is 0 Å². The van der Waals surface area contributed by atoms with E-state index in [-0.39, 0.29) is 17.3 Å². The van der Waals surface area contributed by atoms with Gasteiger partial charge in [-0.25, -0.2) is 8.42 Å². The number of amides is 1. The number of likely N-dealkylation sites (N-methyl/N-ethyl adjacent to an activating group) is 1. The number of nitrogens with zero attached hydrogens (tertiary/aromatic N) is 2. The van der Waals surface area contributed by atoms with Crippen LogP contribution in [0.1, 0.15) is 36.8 Å². The summed E-state index contributed by atoms with van der Waals surface area (Å²) in [5.41, 5.74) is 1.98. The summed E-state index contributed by atoms with van der Waals surface area (Å²) in [5, 5.41) is 0. The maximum Gasteiger partial charge on any atom is 0.243 e. The average Bonchev–Trinajstić information content (AvgIpc) is 2.79. The maximum absolute atomic E-state index is 12.6. The van der Waals surface area contributed by atoms with Crippen LogP contribution in [0.15, 0.2) is 23.1 Å². The number of hydrogen-bond acceptors (Lipinski definition) is 3. The molecule has 0 saturated carbocycles. The number of sulfonamides is 1. The zero-order chi connectivity index (χ0) is 17.0. The highest BCUT2D eigenvalue weighted by molar-refractivity contribution is 7.89. The van der Waals surface area contributed by atoms with Crippen LogP contribution in [-0.4, -0.2) is 50.2 Å². The van der Waals surface area contributed by atoms with Crippen LogP contribution in [-0.2, 0) is 14.8 Å². The Balaban J connectivity index is 2.10. The molecule has 5 nitrogen and oxygen atoms in total. The first-order valence-corrected chi connectivity index (χ1v) is 9.58. The molecule has 1 aromatic rings. The lowest BCUT2D eigenvalue weighted by Crippen LogP contribution is -2.41. The molecular weight excluding hydrogens is 312 g/mol. The molecule has 0 aliphatic carbocycles. The molecule has 0 aromatic heterocycles. The molecule has 2 rings (SSSR count). The molecule has 0 unspecified atom stereocenters. The molecule has 23 heavy (non-hydrogen) atoms. The fourth-order valence-corrected chi connectivity index (χ4v) is 3.96. The highest BCUT2D eigenvalue weighted by atomic mass is 32.2. The van der Waals surface area contributed by atoms with Gasteiger partial charge in [0.1, 0.15) is 0 Å². The van der Waals surface area contributed by atoms with Crippen LogP contribution >= 0.6 is 0 Å². The smallest absolute Gasteiger partial charge is 0.243 e. The molecule has 1 fully saturated rings. The van der Waals surface area contributed by atoms with Crippen molar-refractivity contribution >= 4 is 15.9 Å². The van der Waals surface area contributed by atoms with Gasteiger partial charge < -0.3 is 4.90 Å². The largest absolute Gasteiger partial charge is 0.342 e. The lowest BCUT2D eigenvalue weighted by atomic mass is 10.1. The Bertz CT molecular complexity index is 662. The van der Waals surface area contributed by atoms with Crippen LogP contribution in [0, 0.1) is 13.8 Å². The lowest BCUT2D eigenvalue weighted by Gasteiger charge is -2.24. The number of carbonyl (C=O) groups excluding carboxylic acids is 1. The van der Waals surface area contributed by atoms with Crippen molar-refractivity contribution in [3.05, 3.63) is 29.3 Å². The zero-order valence-corrected chi connectivity index (χ0v) is 15.0. The van der Waals surface area contributed by atoms with Gasteiger partial charge in [-0.1, -0.05) is 18.9 Å². The third kappa shape index (κ3) is 4.32. The Kier molecular flexibility index (Phi) is 5.81. The number of aryl methyl sites for hydroxylation is 2. The van der Waals surface area contributed by atoms with Crippen LogP contribution in [0.25, 0.3) is 0 Å². The molecule has 0 N–H and O–H groups in total. The molecule has 0 radical (unpaired) electrons. The Morgan fingerprint density at radius 2 is 1.70 bits per heavy atom. The first kappa shape index (κ1) is 17.9. The molecule has 1 aliphatic heterocycles. The normalized spacial score (nSPS) is 16.4. The Hall–Kier alpha value is -1.40. The van der Waals surface area contributed by atoms with Gasteiger partial charge in [0.25, 0.3) is 0 Å². The first-order chi connectivity index (χ1) is 10.8. The highest BCUT2D eigenvalue weighted by Crippen LogP contribution is 2.18. The van der Waals surface area contributed by atoms with E-state index in [0.29, 0.717) is 0 Å². The van der Waals surface area contributed by atoms with Crippen molar-refractivity contribution in [2.24, 2.45) is 0 Å². The Labute approximate surface area is 139 Å². The van der Waals surface area contributed by atoms with Crippen molar-refractivity contribution in [1.82, 2.24) is 9.21 Å². The zero-order valence-electron chi connectivity index (χ0n) is 14.2. The predicted molar refractivity (Wildman–Crippen MR) is 90.8 cm³/mol. The van der Waals surface area contributed by atoms with Crippen LogP contribution in [0.2, 0.25) is 0 Å². The number of hydrogen-bond donors (Lipinski definition) is 0. The molecule has 1 heterocycles. The van der Waals surface area contributed by atoms with Gasteiger partial charge in [-0.15, -0.1) is 0 Å². The lowest BCUT2D eigenvalue weighted by molar-refractivity contribution is -0.131. The van der Waals surface area contributed by atoms with Crippen molar-refractivity contribution < 1.29 is 13.2 Å². The van der Waals surface area contributed by atoms with Gasteiger partial charge in [0.2, 0.25) is 15.9 Å². The van der Waals surface area contributed by atoms with Crippen molar-refractivity contribution in [2.75, 3.05) is 26.7 Å². The summed E-state index contributed by atoms with van der Waals surface area (Å²) >= 11 is 0. The number of rotatable bonds is 4. The number of carbonyl (C=O) groups is 1. The topological polar surface area (TPSA) is 57.7 Å². The van der Waals surface area contributed by atoms with E-state index in [1.54, 1.807) is 23.1 Å². The third-order valence-corrected chi connectivity index (χ3v) is 6.30. The highest BCUT2D eigenvalue weighted by Gasteiger charge is 2.25. The fraction of sp³-hybridized carbons (Fsp3) is 0.588. The van der Waals surface area contributed by atoms with Crippen LogP contribution in [0.4, 0.5) is 0 Å². The molecule has 1 amide bonds. The summed E-state index contributed by atoms with van der Waals surface area (Å²) in [4.78, 5) is 14.4. The molecule has 1 aliphatic rings. The average molecular weight is 338 g/mol. The van der Waals surface area contributed by atoms with E-state index >= 15 is 0 Å². The summed E-state index contributed by atoms with van der Waals surface area (Å²) in [6, 6.07) is 5.06. The van der Waals surface area contributed by atoms with Crippen LogP contribution in [0.5, 0.6) is 0 Å². The Morgan fingerprint density at radius 3 is 2.26 bits per heavy atom. The van der Waals surface area contributed by atoms with E-state index in [2.05, 4.69) is 0 Å². The standard InChI is InChI=1S/C17H26N2O3S/c1-14-8-9-16(12-15(14)2)23(21,22)18(3)13-17(20)19-10-6-4-5-7-11-19/h8-9,12H,4-7,10-11,13H2,1-3H3. The molecule has 1 aromatic carbocycles. The van der Waals surface area contributed by atoms with Crippen molar-refractivity contribution in [3.8, 4) is 0 Å². The van der Waals surface area contributed by atoms with Gasteiger partial charge in [0.05, 0.1) is 11.4 Å². The van der Waals surface area contributed by atoms with E-state index in [9.17, 15) is 13.2 Å². The molecule has 0 bridgehead atoms. The minimum Gasteiger partial charge on any atom is -0.342 e. The van der Waals surface area contributed by atoms with Crippen molar-refractivity contribution in [2.45, 2.75) is 44.4 Å². The quantitative estimate of drug-likeness (QED) is 0.846. The van der Waals surface area contributed by atoms with Gasteiger partial charge in [-0.05, 0) is 49.9 Å². The van der Waals surface area contributed by atoms with Crippen molar-refractivity contribution in [1.29, 1.82) is 0 Å². The molecule has 0 spiro atoms. The van der Waals surface area contributed by atoms with E-state index in [0.717, 1.165) is 54.2 Å². The monoisotopic (exact) mass is 338 g/mol. The van der Waals surface area contributed by atoms with Gasteiger partial charge in [-0.3, -0.25) is 4.79 Å². The van der Waals surface area contributed by atoms with Crippen LogP contribution < -0.4 is 0 Å². The van der Waals surface area contributed by atoms with E-state index in [1.807, 2.05) is 13.8 Å². The van der Waals surface area contributed by atoms with E-state index < -0.39 is 10.0 Å². The predicted octanol–water partition coefficient (Wildman–Crippen LogP) is 2.33. The minimum atomic E-state index is -3.64. The summed E-state index contributed by atoms with van der Waals surface area (Å²) < 4.78 is 26.4. The second kappa shape index (κ2) is 7.45. The first-order valence-electron chi connectivity index (χ1n) is 8.14. The fourth-order valence-electron chi connectivity index (χ4n) is 2.75. The van der Waals surface area contributed by atoms with E-state index in [4.69, 9.17) is 0 Å². The molecule has 128 valence electrons. The second-order valence-corrected chi connectivity index (χ2v) is 8.35. The maximum atomic E-state index is 12.6. The molecule has 6 heteroatoms. The second-order valence-electron chi connectivity index (χ2n) is 6.30. The van der Waals surface area contributed by atoms with Gasteiger partial charge in [-0.2, -0.15) is 4.31 Å². The summed E-state index contributed by atoms with van der Waals surface area (Å²) in [7, 11) is -2.16. The van der Waals surface area contributed by atoms with Gasteiger partial charge >= 0.3 is 0 Å². The summed E-state index contributed by atoms with van der Waals surface area (Å²) in [6.07, 6.45) is 4.28. The van der Waals surface area contributed by atoms with Gasteiger partial charge in [0.15, 0.2) is 0 Å². The Morgan fingerprint density at radius 1 is 1.09 bits per heavy atom. The number of benzene rings is 1. The van der Waals surface area contributed by atoms with Crippen molar-refractivity contribution in [3.63, 3.8) is 0 Å². The van der Waals surface area contributed by atoms with Gasteiger partial charge in [0, 0.05) is 20.1 Å². The third-order valence-electron chi connectivity index (χ3n) is 4.50. The SMILES string of the molecule is Cc1ccc(S(=O)(=O)N(C)CC(=O)N2CCCCCC2)cc1C.